The van der Waals surface area contributed by atoms with Crippen LogP contribution in [0.3, 0.4) is 0 Å². The second kappa shape index (κ2) is 6.28. The van der Waals surface area contributed by atoms with Crippen LogP contribution in [-0.2, 0) is 6.54 Å². The van der Waals surface area contributed by atoms with Crippen molar-refractivity contribution in [3.05, 3.63) is 76.7 Å². The number of aryl methyl sites for hydroxylation is 1. The van der Waals surface area contributed by atoms with Crippen LogP contribution >= 0.6 is 0 Å². The molecule has 0 radical (unpaired) electrons. The molecule has 1 aromatic heterocycles. The molecular weight excluding hydrogens is 315 g/mol. The highest BCUT2D eigenvalue weighted by Gasteiger charge is 2.31. The number of pyridine rings is 1. The molecule has 4 heteroatoms. The van der Waals surface area contributed by atoms with E-state index in [-0.39, 0.29) is 11.7 Å². The minimum atomic E-state index is -0.297. The molecule has 0 unspecified atom stereocenters. The molecule has 1 aliphatic carbocycles. The molecule has 1 amide bonds. The number of halogens is 1. The normalized spacial score (nSPS) is 13.8. The first-order valence-electron chi connectivity index (χ1n) is 8.55. The van der Waals surface area contributed by atoms with Gasteiger partial charge in [0.2, 0.25) is 0 Å². The minimum Gasteiger partial charge on any atom is -0.348 e. The number of fused-ring (bicyclic) bond motifs is 1. The third-order valence-electron chi connectivity index (χ3n) is 4.71. The van der Waals surface area contributed by atoms with Gasteiger partial charge < -0.3 is 5.32 Å². The Morgan fingerprint density at radius 3 is 2.76 bits per heavy atom. The molecule has 1 heterocycles. The summed E-state index contributed by atoms with van der Waals surface area (Å²) in [5.74, 6) is -0.0610. The quantitative estimate of drug-likeness (QED) is 0.764. The van der Waals surface area contributed by atoms with Crippen LogP contribution < -0.4 is 5.32 Å². The van der Waals surface area contributed by atoms with Crippen LogP contribution in [0.25, 0.3) is 10.9 Å². The SMILES string of the molecule is Cc1c(C(=O)NCc2cccc(F)c2)c(C2CC2)nc2ccccc12. The van der Waals surface area contributed by atoms with E-state index >= 15 is 0 Å². The van der Waals surface area contributed by atoms with Gasteiger partial charge in [0.15, 0.2) is 0 Å². The topological polar surface area (TPSA) is 42.0 Å². The van der Waals surface area contributed by atoms with E-state index in [0.29, 0.717) is 18.0 Å². The van der Waals surface area contributed by atoms with Crippen molar-refractivity contribution in [2.24, 2.45) is 0 Å². The van der Waals surface area contributed by atoms with Gasteiger partial charge in [0.25, 0.3) is 5.91 Å². The number of nitrogens with one attached hydrogen (secondary N) is 1. The van der Waals surface area contributed by atoms with Gasteiger partial charge in [-0.1, -0.05) is 30.3 Å². The van der Waals surface area contributed by atoms with Gasteiger partial charge in [0.05, 0.1) is 16.8 Å². The van der Waals surface area contributed by atoms with Gasteiger partial charge in [-0.25, -0.2) is 4.39 Å². The summed E-state index contributed by atoms with van der Waals surface area (Å²) in [7, 11) is 0. The van der Waals surface area contributed by atoms with Crippen molar-refractivity contribution in [3.63, 3.8) is 0 Å². The van der Waals surface area contributed by atoms with Gasteiger partial charge in [0, 0.05) is 17.8 Å². The second-order valence-corrected chi connectivity index (χ2v) is 6.60. The number of nitrogens with zero attached hydrogens (tertiary/aromatic N) is 1. The van der Waals surface area contributed by atoms with Crippen LogP contribution in [0.2, 0.25) is 0 Å². The first kappa shape index (κ1) is 15.8. The number of aromatic nitrogens is 1. The first-order valence-corrected chi connectivity index (χ1v) is 8.55. The first-order chi connectivity index (χ1) is 12.1. The number of carbonyl (C=O) groups is 1. The molecule has 1 N–H and O–H groups in total. The molecule has 0 aliphatic heterocycles. The summed E-state index contributed by atoms with van der Waals surface area (Å²) < 4.78 is 13.3. The van der Waals surface area contributed by atoms with Crippen LogP contribution in [0.5, 0.6) is 0 Å². The summed E-state index contributed by atoms with van der Waals surface area (Å²) in [6.07, 6.45) is 2.16. The van der Waals surface area contributed by atoms with Gasteiger partial charge in [-0.2, -0.15) is 0 Å². The molecule has 0 spiro atoms. The largest absolute Gasteiger partial charge is 0.348 e. The van der Waals surface area contributed by atoms with Crippen molar-refractivity contribution >= 4 is 16.8 Å². The Hall–Kier alpha value is -2.75. The van der Waals surface area contributed by atoms with E-state index in [1.807, 2.05) is 31.2 Å². The van der Waals surface area contributed by atoms with Crippen molar-refractivity contribution in [3.8, 4) is 0 Å². The van der Waals surface area contributed by atoms with E-state index < -0.39 is 0 Å². The van der Waals surface area contributed by atoms with Gasteiger partial charge in [-0.3, -0.25) is 9.78 Å². The molecular formula is C21H19FN2O. The summed E-state index contributed by atoms with van der Waals surface area (Å²) in [6.45, 7) is 2.28. The highest BCUT2D eigenvalue weighted by Crippen LogP contribution is 2.42. The van der Waals surface area contributed by atoms with Crippen molar-refractivity contribution < 1.29 is 9.18 Å². The zero-order valence-electron chi connectivity index (χ0n) is 14.1. The van der Waals surface area contributed by atoms with Crippen LogP contribution in [0.1, 0.15) is 45.9 Å². The number of carbonyl (C=O) groups excluding carboxylic acids is 1. The van der Waals surface area contributed by atoms with Crippen molar-refractivity contribution in [2.45, 2.75) is 32.2 Å². The molecule has 3 aromatic rings. The van der Waals surface area contributed by atoms with E-state index in [9.17, 15) is 9.18 Å². The number of amides is 1. The molecule has 0 bridgehead atoms. The lowest BCUT2D eigenvalue weighted by Crippen LogP contribution is -2.25. The Morgan fingerprint density at radius 1 is 1.20 bits per heavy atom. The number of para-hydroxylation sites is 1. The molecule has 0 saturated heterocycles. The van der Waals surface area contributed by atoms with Crippen LogP contribution in [0.4, 0.5) is 4.39 Å². The van der Waals surface area contributed by atoms with E-state index in [0.717, 1.165) is 40.6 Å². The van der Waals surface area contributed by atoms with E-state index in [1.165, 1.54) is 12.1 Å². The molecule has 3 nitrogen and oxygen atoms in total. The fraction of sp³-hybridized carbons (Fsp3) is 0.238. The predicted molar refractivity (Wildman–Crippen MR) is 96.0 cm³/mol. The van der Waals surface area contributed by atoms with Crippen LogP contribution in [-0.4, -0.2) is 10.9 Å². The van der Waals surface area contributed by atoms with Crippen molar-refractivity contribution in [1.82, 2.24) is 10.3 Å². The summed E-state index contributed by atoms with van der Waals surface area (Å²) in [4.78, 5) is 17.6. The maximum atomic E-state index is 13.3. The summed E-state index contributed by atoms with van der Waals surface area (Å²) in [5.41, 5.74) is 4.21. The summed E-state index contributed by atoms with van der Waals surface area (Å²) in [5, 5.41) is 3.93. The Morgan fingerprint density at radius 2 is 2.00 bits per heavy atom. The summed E-state index contributed by atoms with van der Waals surface area (Å²) in [6, 6.07) is 14.2. The van der Waals surface area contributed by atoms with Crippen LogP contribution in [0.15, 0.2) is 48.5 Å². The smallest absolute Gasteiger partial charge is 0.253 e. The predicted octanol–water partition coefficient (Wildman–Crippen LogP) is 4.49. The second-order valence-electron chi connectivity index (χ2n) is 6.60. The molecule has 126 valence electrons. The third kappa shape index (κ3) is 3.12. The number of hydrogen-bond donors (Lipinski definition) is 1. The van der Waals surface area contributed by atoms with Crippen molar-refractivity contribution in [1.29, 1.82) is 0 Å². The van der Waals surface area contributed by atoms with Gasteiger partial charge in [-0.15, -0.1) is 0 Å². The average Bonchev–Trinajstić information content (AvgIpc) is 3.45. The molecule has 1 fully saturated rings. The Labute approximate surface area is 145 Å². The van der Waals surface area contributed by atoms with Gasteiger partial charge >= 0.3 is 0 Å². The molecule has 1 aliphatic rings. The Balaban J connectivity index is 1.68. The fourth-order valence-electron chi connectivity index (χ4n) is 3.26. The maximum absolute atomic E-state index is 13.3. The molecule has 2 aromatic carbocycles. The molecule has 1 saturated carbocycles. The maximum Gasteiger partial charge on any atom is 0.253 e. The van der Waals surface area contributed by atoms with Gasteiger partial charge in [-0.05, 0) is 49.1 Å². The average molecular weight is 334 g/mol. The van der Waals surface area contributed by atoms with E-state index in [1.54, 1.807) is 12.1 Å². The van der Waals surface area contributed by atoms with Crippen LogP contribution in [0, 0.1) is 12.7 Å². The molecule has 25 heavy (non-hydrogen) atoms. The zero-order valence-corrected chi connectivity index (χ0v) is 14.1. The number of hydrogen-bond acceptors (Lipinski definition) is 2. The van der Waals surface area contributed by atoms with E-state index in [4.69, 9.17) is 4.98 Å². The highest BCUT2D eigenvalue weighted by atomic mass is 19.1. The lowest BCUT2D eigenvalue weighted by molar-refractivity contribution is 0.0949. The minimum absolute atomic E-state index is 0.137. The summed E-state index contributed by atoms with van der Waals surface area (Å²) >= 11 is 0. The highest BCUT2D eigenvalue weighted by molar-refractivity contribution is 6.01. The lowest BCUT2D eigenvalue weighted by Gasteiger charge is -2.14. The fourth-order valence-corrected chi connectivity index (χ4v) is 3.26. The monoisotopic (exact) mass is 334 g/mol. The number of rotatable bonds is 4. The lowest BCUT2D eigenvalue weighted by atomic mass is 9.98. The molecule has 4 rings (SSSR count). The Bertz CT molecular complexity index is 963. The molecule has 0 atom stereocenters. The third-order valence-corrected chi connectivity index (χ3v) is 4.71. The van der Waals surface area contributed by atoms with E-state index in [2.05, 4.69) is 5.32 Å². The standard InChI is InChI=1S/C21H19FN2O/c1-13-17-7-2-3-8-18(17)24-20(15-9-10-15)19(13)21(25)23-12-14-5-4-6-16(22)11-14/h2-8,11,15H,9-10,12H2,1H3,(H,23,25). The number of benzene rings is 2. The Kier molecular flexibility index (Phi) is 3.96. The zero-order chi connectivity index (χ0) is 17.4. The van der Waals surface area contributed by atoms with Gasteiger partial charge in [0.1, 0.15) is 5.82 Å². The van der Waals surface area contributed by atoms with Crippen molar-refractivity contribution in [2.75, 3.05) is 0 Å².